The summed E-state index contributed by atoms with van der Waals surface area (Å²) < 4.78 is 1.57. The highest BCUT2D eigenvalue weighted by Crippen LogP contribution is 2.17. The second-order valence-corrected chi connectivity index (χ2v) is 4.51. The Morgan fingerprint density at radius 1 is 1.14 bits per heavy atom. The average Bonchev–Trinajstić information content (AvgIpc) is 3.02. The van der Waals surface area contributed by atoms with Crippen molar-refractivity contribution in [3.05, 3.63) is 65.8 Å². The van der Waals surface area contributed by atoms with Crippen LogP contribution in [0.3, 0.4) is 0 Å². The fourth-order valence-corrected chi connectivity index (χ4v) is 1.96. The molecule has 0 unspecified atom stereocenters. The van der Waals surface area contributed by atoms with E-state index in [4.69, 9.17) is 11.6 Å². The van der Waals surface area contributed by atoms with Crippen molar-refractivity contribution < 1.29 is 4.79 Å². The van der Waals surface area contributed by atoms with Gasteiger partial charge in [-0.2, -0.15) is 5.10 Å². The van der Waals surface area contributed by atoms with Gasteiger partial charge in [0.15, 0.2) is 5.82 Å². The third-order valence-corrected chi connectivity index (χ3v) is 2.91. The molecule has 3 rings (SSSR count). The largest absolute Gasteiger partial charge is 0.317 e. The molecular formula is C14H10ClN5O. The van der Waals surface area contributed by atoms with Crippen LogP contribution in [-0.4, -0.2) is 25.7 Å². The van der Waals surface area contributed by atoms with Gasteiger partial charge in [-0.15, -0.1) is 0 Å². The van der Waals surface area contributed by atoms with E-state index in [-0.39, 0.29) is 16.8 Å². The third kappa shape index (κ3) is 2.90. The van der Waals surface area contributed by atoms with Crippen LogP contribution < -0.4 is 5.32 Å². The number of pyridine rings is 2. The number of rotatable bonds is 3. The van der Waals surface area contributed by atoms with Gasteiger partial charge < -0.3 is 5.32 Å². The second kappa shape index (κ2) is 5.72. The number of halogens is 1. The summed E-state index contributed by atoms with van der Waals surface area (Å²) in [7, 11) is 0. The topological polar surface area (TPSA) is 72.7 Å². The molecule has 0 saturated carbocycles. The Balaban J connectivity index is 1.90. The normalized spacial score (nSPS) is 10.3. The predicted molar refractivity (Wildman–Crippen MR) is 78.6 cm³/mol. The highest BCUT2D eigenvalue weighted by atomic mass is 35.5. The molecule has 0 fully saturated rings. The molecule has 0 aromatic carbocycles. The minimum Gasteiger partial charge on any atom is -0.317 e. The quantitative estimate of drug-likeness (QED) is 0.754. The molecule has 0 saturated heterocycles. The molecule has 3 heterocycles. The first kappa shape index (κ1) is 13.3. The average molecular weight is 300 g/mol. The van der Waals surface area contributed by atoms with Gasteiger partial charge in [-0.05, 0) is 30.3 Å². The number of carbonyl (C=O) groups excluding carboxylic acids is 1. The molecule has 104 valence electrons. The lowest BCUT2D eigenvalue weighted by molar-refractivity contribution is 0.102. The molecule has 0 aliphatic carbocycles. The lowest BCUT2D eigenvalue weighted by Gasteiger charge is -2.09. The van der Waals surface area contributed by atoms with Crippen LogP contribution in [-0.2, 0) is 0 Å². The van der Waals surface area contributed by atoms with Crippen LogP contribution in [0.15, 0.2) is 55.0 Å². The molecule has 3 aromatic heterocycles. The molecule has 0 aliphatic rings. The van der Waals surface area contributed by atoms with E-state index < -0.39 is 0 Å². The Labute approximate surface area is 125 Å². The number of hydrogen-bond donors (Lipinski definition) is 1. The number of hydrogen-bond acceptors (Lipinski definition) is 4. The van der Waals surface area contributed by atoms with Crippen molar-refractivity contribution in [3.8, 4) is 5.82 Å². The van der Waals surface area contributed by atoms with E-state index in [1.54, 1.807) is 59.7 Å². The summed E-state index contributed by atoms with van der Waals surface area (Å²) in [4.78, 5) is 20.4. The van der Waals surface area contributed by atoms with E-state index in [0.29, 0.717) is 11.5 Å². The first-order chi connectivity index (χ1) is 10.2. The van der Waals surface area contributed by atoms with E-state index in [2.05, 4.69) is 20.4 Å². The summed E-state index contributed by atoms with van der Waals surface area (Å²) in [6.45, 7) is 0. The zero-order valence-electron chi connectivity index (χ0n) is 10.8. The maximum absolute atomic E-state index is 12.2. The van der Waals surface area contributed by atoms with Gasteiger partial charge >= 0.3 is 0 Å². The van der Waals surface area contributed by atoms with E-state index in [1.165, 1.54) is 0 Å². The lowest BCUT2D eigenvalue weighted by Crippen LogP contribution is -2.16. The standard InChI is InChI=1S/C14H10ClN5O/c15-12-6-1-4-11(18-12)14(21)19-10-5-2-7-16-13(10)20-9-3-8-17-20/h1-9H,(H,19,21). The van der Waals surface area contributed by atoms with Crippen molar-refractivity contribution in [2.75, 3.05) is 5.32 Å². The Morgan fingerprint density at radius 2 is 2.05 bits per heavy atom. The number of nitrogens with zero attached hydrogens (tertiary/aromatic N) is 4. The van der Waals surface area contributed by atoms with Gasteiger partial charge in [0, 0.05) is 18.6 Å². The highest BCUT2D eigenvalue weighted by molar-refractivity contribution is 6.29. The Kier molecular flexibility index (Phi) is 3.61. The van der Waals surface area contributed by atoms with Gasteiger partial charge in [0.05, 0.1) is 5.69 Å². The summed E-state index contributed by atoms with van der Waals surface area (Å²) in [5, 5.41) is 7.13. The number of anilines is 1. The van der Waals surface area contributed by atoms with Crippen LogP contribution in [0.4, 0.5) is 5.69 Å². The third-order valence-electron chi connectivity index (χ3n) is 2.70. The highest BCUT2D eigenvalue weighted by Gasteiger charge is 2.12. The Morgan fingerprint density at radius 3 is 2.81 bits per heavy atom. The van der Waals surface area contributed by atoms with Crippen molar-refractivity contribution >= 4 is 23.2 Å². The Bertz CT molecular complexity index is 773. The van der Waals surface area contributed by atoms with Crippen LogP contribution in [0, 0.1) is 0 Å². The van der Waals surface area contributed by atoms with Gasteiger partial charge in [-0.3, -0.25) is 4.79 Å². The predicted octanol–water partition coefficient (Wildman–Crippen LogP) is 2.57. The van der Waals surface area contributed by atoms with Crippen LogP contribution in [0.1, 0.15) is 10.5 Å². The summed E-state index contributed by atoms with van der Waals surface area (Å²) in [6, 6.07) is 10.1. The molecule has 0 radical (unpaired) electrons. The van der Waals surface area contributed by atoms with E-state index >= 15 is 0 Å². The molecule has 0 atom stereocenters. The van der Waals surface area contributed by atoms with E-state index in [0.717, 1.165) is 0 Å². The molecule has 1 amide bonds. The fraction of sp³-hybridized carbons (Fsp3) is 0. The second-order valence-electron chi connectivity index (χ2n) is 4.12. The first-order valence-corrected chi connectivity index (χ1v) is 6.51. The summed E-state index contributed by atoms with van der Waals surface area (Å²) >= 11 is 5.79. The van der Waals surface area contributed by atoms with E-state index in [1.807, 2.05) is 0 Å². The summed E-state index contributed by atoms with van der Waals surface area (Å²) in [6.07, 6.45) is 5.01. The first-order valence-electron chi connectivity index (χ1n) is 6.13. The molecule has 0 spiro atoms. The van der Waals surface area contributed by atoms with Crippen molar-refractivity contribution in [2.24, 2.45) is 0 Å². The summed E-state index contributed by atoms with van der Waals surface area (Å²) in [5.41, 5.74) is 0.769. The molecule has 6 nitrogen and oxygen atoms in total. The molecular weight excluding hydrogens is 290 g/mol. The van der Waals surface area contributed by atoms with E-state index in [9.17, 15) is 4.79 Å². The van der Waals surface area contributed by atoms with Gasteiger partial charge in [0.25, 0.3) is 5.91 Å². The molecule has 3 aromatic rings. The maximum atomic E-state index is 12.2. The number of amides is 1. The smallest absolute Gasteiger partial charge is 0.274 e. The minimum absolute atomic E-state index is 0.234. The van der Waals surface area contributed by atoms with Gasteiger partial charge in [0.2, 0.25) is 0 Å². The number of nitrogens with one attached hydrogen (secondary N) is 1. The van der Waals surface area contributed by atoms with Gasteiger partial charge in [-0.25, -0.2) is 14.6 Å². The Hall–Kier alpha value is -2.73. The maximum Gasteiger partial charge on any atom is 0.274 e. The number of aromatic nitrogens is 4. The van der Waals surface area contributed by atoms with Crippen molar-refractivity contribution in [2.45, 2.75) is 0 Å². The SMILES string of the molecule is O=C(Nc1cccnc1-n1cccn1)c1cccc(Cl)n1. The molecule has 21 heavy (non-hydrogen) atoms. The monoisotopic (exact) mass is 299 g/mol. The molecule has 7 heteroatoms. The number of carbonyl (C=O) groups is 1. The van der Waals surface area contributed by atoms with Crippen LogP contribution in [0.5, 0.6) is 0 Å². The van der Waals surface area contributed by atoms with Crippen LogP contribution in [0.2, 0.25) is 5.15 Å². The molecule has 0 aliphatic heterocycles. The van der Waals surface area contributed by atoms with Crippen LogP contribution in [0.25, 0.3) is 5.82 Å². The zero-order chi connectivity index (χ0) is 14.7. The molecule has 1 N–H and O–H groups in total. The summed E-state index contributed by atoms with van der Waals surface area (Å²) in [5.74, 6) is 0.164. The van der Waals surface area contributed by atoms with Gasteiger partial charge in [0.1, 0.15) is 10.8 Å². The van der Waals surface area contributed by atoms with Crippen molar-refractivity contribution in [1.82, 2.24) is 19.7 Å². The fourth-order valence-electron chi connectivity index (χ4n) is 1.79. The molecule has 0 bridgehead atoms. The van der Waals surface area contributed by atoms with Crippen LogP contribution >= 0.6 is 11.6 Å². The van der Waals surface area contributed by atoms with Crippen molar-refractivity contribution in [1.29, 1.82) is 0 Å². The lowest BCUT2D eigenvalue weighted by atomic mass is 10.3. The minimum atomic E-state index is -0.362. The zero-order valence-corrected chi connectivity index (χ0v) is 11.5. The van der Waals surface area contributed by atoms with Gasteiger partial charge in [-0.1, -0.05) is 17.7 Å². The van der Waals surface area contributed by atoms with Crippen molar-refractivity contribution in [3.63, 3.8) is 0 Å².